The molecular weight excluding hydrogens is 248 g/mol. The Kier molecular flexibility index (Phi) is 4.16. The van der Waals surface area contributed by atoms with Crippen LogP contribution in [0, 0.1) is 0 Å². The molecule has 0 aromatic heterocycles. The van der Waals surface area contributed by atoms with Gasteiger partial charge < -0.3 is 28.4 Å². The number of hydrogen-bond donors (Lipinski definition) is 0. The lowest BCUT2D eigenvalue weighted by molar-refractivity contribution is -0.309. The van der Waals surface area contributed by atoms with Crippen LogP contribution < -0.4 is 0 Å². The number of fused-ring (bicyclic) bond motifs is 1. The van der Waals surface area contributed by atoms with Crippen LogP contribution in [0.4, 0.5) is 0 Å². The Labute approximate surface area is 105 Å². The number of ether oxygens (including phenoxy) is 6. The minimum atomic E-state index is -0.509. The lowest BCUT2D eigenvalue weighted by atomic mass is 9.98. The Morgan fingerprint density at radius 2 is 1.82 bits per heavy atom. The third-order valence-electron chi connectivity index (χ3n) is 2.97. The van der Waals surface area contributed by atoms with E-state index >= 15 is 0 Å². The molecule has 2 saturated heterocycles. The first kappa shape index (κ1) is 13.0. The average molecular weight is 264 g/mol. The van der Waals surface area contributed by atoms with Crippen molar-refractivity contribution in [1.82, 2.24) is 0 Å². The van der Waals surface area contributed by atoms with E-state index in [1.165, 1.54) is 0 Å². The Morgan fingerprint density at radius 1 is 1.12 bits per heavy atom. The SMILES string of the molecule is CO[C@@H]1O[C@@H]2COC(=S)O[C@H]2[C@H](OC)[C@H]1OC. The van der Waals surface area contributed by atoms with E-state index in [2.05, 4.69) is 0 Å². The predicted octanol–water partition coefficient (Wildman–Crippen LogP) is 0.0880. The fourth-order valence-electron chi connectivity index (χ4n) is 2.16. The summed E-state index contributed by atoms with van der Waals surface area (Å²) in [4.78, 5) is 0. The van der Waals surface area contributed by atoms with E-state index in [1.807, 2.05) is 0 Å². The van der Waals surface area contributed by atoms with Crippen molar-refractivity contribution in [3.63, 3.8) is 0 Å². The number of rotatable bonds is 3. The normalized spacial score (nSPS) is 41.4. The molecule has 2 aliphatic heterocycles. The van der Waals surface area contributed by atoms with Gasteiger partial charge in [-0.25, -0.2) is 0 Å². The monoisotopic (exact) mass is 264 g/mol. The van der Waals surface area contributed by atoms with Crippen molar-refractivity contribution in [2.24, 2.45) is 0 Å². The number of methoxy groups -OCH3 is 3. The van der Waals surface area contributed by atoms with Crippen LogP contribution in [0.3, 0.4) is 0 Å². The highest BCUT2D eigenvalue weighted by Gasteiger charge is 2.50. The van der Waals surface area contributed by atoms with E-state index in [1.54, 1.807) is 21.3 Å². The van der Waals surface area contributed by atoms with Crippen LogP contribution in [0.1, 0.15) is 0 Å². The molecule has 0 saturated carbocycles. The topological polar surface area (TPSA) is 55.4 Å². The molecule has 98 valence electrons. The van der Waals surface area contributed by atoms with Gasteiger partial charge >= 0.3 is 5.24 Å². The van der Waals surface area contributed by atoms with Gasteiger partial charge in [-0.15, -0.1) is 0 Å². The molecule has 0 amide bonds. The molecule has 0 spiro atoms. The van der Waals surface area contributed by atoms with Crippen molar-refractivity contribution in [2.45, 2.75) is 30.7 Å². The highest BCUT2D eigenvalue weighted by atomic mass is 32.1. The van der Waals surface area contributed by atoms with Crippen LogP contribution in [0.25, 0.3) is 0 Å². The van der Waals surface area contributed by atoms with E-state index < -0.39 is 6.29 Å². The summed E-state index contributed by atoms with van der Waals surface area (Å²) >= 11 is 4.88. The summed E-state index contributed by atoms with van der Waals surface area (Å²) < 4.78 is 32.3. The first-order valence-electron chi connectivity index (χ1n) is 5.28. The molecule has 17 heavy (non-hydrogen) atoms. The van der Waals surface area contributed by atoms with Gasteiger partial charge in [-0.05, 0) is 0 Å². The Morgan fingerprint density at radius 3 is 2.41 bits per heavy atom. The summed E-state index contributed by atoms with van der Waals surface area (Å²) in [5.41, 5.74) is 0. The van der Waals surface area contributed by atoms with Crippen molar-refractivity contribution in [3.8, 4) is 0 Å². The quantitative estimate of drug-likeness (QED) is 0.669. The van der Waals surface area contributed by atoms with Gasteiger partial charge in [0.2, 0.25) is 0 Å². The molecule has 2 fully saturated rings. The van der Waals surface area contributed by atoms with Gasteiger partial charge in [0.05, 0.1) is 0 Å². The van der Waals surface area contributed by atoms with E-state index in [0.717, 1.165) is 0 Å². The minimum absolute atomic E-state index is 0.114. The maximum atomic E-state index is 5.69. The maximum absolute atomic E-state index is 5.69. The largest absolute Gasteiger partial charge is 0.454 e. The smallest absolute Gasteiger partial charge is 0.352 e. The minimum Gasteiger partial charge on any atom is -0.454 e. The summed E-state index contributed by atoms with van der Waals surface area (Å²) in [5, 5.41) is 0.114. The third kappa shape index (κ3) is 2.38. The second-order valence-corrected chi connectivity index (χ2v) is 4.16. The molecule has 2 rings (SSSR count). The van der Waals surface area contributed by atoms with Crippen LogP contribution in [-0.2, 0) is 28.4 Å². The van der Waals surface area contributed by atoms with Crippen molar-refractivity contribution in [2.75, 3.05) is 27.9 Å². The fraction of sp³-hybridized carbons (Fsp3) is 0.900. The zero-order valence-electron chi connectivity index (χ0n) is 9.95. The average Bonchev–Trinajstić information content (AvgIpc) is 2.36. The zero-order valence-corrected chi connectivity index (χ0v) is 10.8. The highest BCUT2D eigenvalue weighted by Crippen LogP contribution is 2.30. The van der Waals surface area contributed by atoms with Crippen molar-refractivity contribution in [3.05, 3.63) is 0 Å². The predicted molar refractivity (Wildman–Crippen MR) is 60.7 cm³/mol. The number of hydrogen-bond acceptors (Lipinski definition) is 7. The van der Waals surface area contributed by atoms with Crippen LogP contribution in [0.15, 0.2) is 0 Å². The van der Waals surface area contributed by atoms with Crippen LogP contribution in [0.5, 0.6) is 0 Å². The fourth-order valence-corrected chi connectivity index (χ4v) is 2.34. The van der Waals surface area contributed by atoms with Crippen LogP contribution in [0.2, 0.25) is 0 Å². The first-order chi connectivity index (χ1) is 8.21. The molecular formula is C10H16O6S. The lowest BCUT2D eigenvalue weighted by Gasteiger charge is -2.46. The van der Waals surface area contributed by atoms with Gasteiger partial charge in [-0.3, -0.25) is 0 Å². The second kappa shape index (κ2) is 5.45. The maximum Gasteiger partial charge on any atom is 0.352 e. The van der Waals surface area contributed by atoms with Crippen LogP contribution in [-0.4, -0.2) is 63.9 Å². The first-order valence-corrected chi connectivity index (χ1v) is 5.69. The Bertz CT molecular complexity index is 286. The summed E-state index contributed by atoms with van der Waals surface area (Å²) in [6, 6.07) is 0. The zero-order chi connectivity index (χ0) is 12.4. The van der Waals surface area contributed by atoms with Crippen LogP contribution >= 0.6 is 12.2 Å². The van der Waals surface area contributed by atoms with Crippen molar-refractivity contribution < 1.29 is 28.4 Å². The van der Waals surface area contributed by atoms with Gasteiger partial charge in [0, 0.05) is 33.5 Å². The van der Waals surface area contributed by atoms with Gasteiger partial charge in [0.15, 0.2) is 12.4 Å². The van der Waals surface area contributed by atoms with E-state index in [0.29, 0.717) is 6.61 Å². The van der Waals surface area contributed by atoms with Gasteiger partial charge in [-0.1, -0.05) is 0 Å². The number of thiocarbonyl (C=S) groups is 1. The Balaban J connectivity index is 2.17. The molecule has 0 aromatic rings. The van der Waals surface area contributed by atoms with Gasteiger partial charge in [0.25, 0.3) is 0 Å². The van der Waals surface area contributed by atoms with Crippen molar-refractivity contribution >= 4 is 17.5 Å². The molecule has 0 aliphatic carbocycles. The van der Waals surface area contributed by atoms with E-state index in [9.17, 15) is 0 Å². The van der Waals surface area contributed by atoms with Gasteiger partial charge in [-0.2, -0.15) is 0 Å². The summed E-state index contributed by atoms with van der Waals surface area (Å²) in [6.07, 6.45) is -1.80. The molecule has 0 N–H and O–H groups in total. The molecule has 0 bridgehead atoms. The molecule has 6 nitrogen and oxygen atoms in total. The molecule has 0 unspecified atom stereocenters. The lowest BCUT2D eigenvalue weighted by Crippen LogP contribution is -2.63. The molecule has 5 atom stereocenters. The molecule has 2 aliphatic rings. The summed E-state index contributed by atoms with van der Waals surface area (Å²) in [6.45, 7) is 0.333. The summed E-state index contributed by atoms with van der Waals surface area (Å²) in [5.74, 6) is 0. The third-order valence-corrected chi connectivity index (χ3v) is 3.18. The Hall–Kier alpha value is -0.470. The van der Waals surface area contributed by atoms with Crippen molar-refractivity contribution in [1.29, 1.82) is 0 Å². The standard InChI is InChI=1S/C10H16O6S/c1-11-7-6-5(4-14-10(17)16-6)15-9(13-3)8(7)12-2/h5-9H,4H2,1-3H3/t5-,6-,7+,8-,9-/m1/s1. The molecule has 0 radical (unpaired) electrons. The highest BCUT2D eigenvalue weighted by molar-refractivity contribution is 7.79. The van der Waals surface area contributed by atoms with E-state index in [-0.39, 0.29) is 29.7 Å². The second-order valence-electron chi connectivity index (χ2n) is 3.82. The molecule has 2 heterocycles. The van der Waals surface area contributed by atoms with E-state index in [4.69, 9.17) is 40.6 Å². The molecule has 0 aromatic carbocycles. The molecule has 7 heteroatoms. The summed E-state index contributed by atoms with van der Waals surface area (Å²) in [7, 11) is 4.72. The van der Waals surface area contributed by atoms with Gasteiger partial charge in [0.1, 0.15) is 24.9 Å².